The molecule has 0 spiro atoms. The van der Waals surface area contributed by atoms with Crippen LogP contribution in [0.1, 0.15) is 46.2 Å². The zero-order chi connectivity index (χ0) is 22.0. The van der Waals surface area contributed by atoms with E-state index in [0.717, 1.165) is 23.5 Å². The minimum Gasteiger partial charge on any atom is -0.365 e. The van der Waals surface area contributed by atoms with Crippen LogP contribution in [0.15, 0.2) is 54.7 Å². The van der Waals surface area contributed by atoms with Crippen molar-refractivity contribution in [2.24, 2.45) is 5.73 Å². The maximum Gasteiger partial charge on any atom is 0.255 e. The van der Waals surface area contributed by atoms with E-state index in [0.29, 0.717) is 36.2 Å². The first-order valence-corrected chi connectivity index (χ1v) is 10.2. The number of anilines is 2. The van der Waals surface area contributed by atoms with Crippen molar-refractivity contribution in [1.29, 1.82) is 0 Å². The molecule has 4 rings (SSSR count). The molecule has 8 heteroatoms. The Morgan fingerprint density at radius 3 is 2.32 bits per heavy atom. The number of hydrogen-bond acceptors (Lipinski definition) is 4. The van der Waals surface area contributed by atoms with Crippen molar-refractivity contribution < 1.29 is 14.4 Å². The predicted molar refractivity (Wildman–Crippen MR) is 117 cm³/mol. The highest BCUT2D eigenvalue weighted by Crippen LogP contribution is 2.22. The average Bonchev–Trinajstić information content (AvgIpc) is 3.40. The molecule has 1 fully saturated rings. The summed E-state index contributed by atoms with van der Waals surface area (Å²) < 4.78 is 1.67. The molecular formula is C23H23N5O3. The van der Waals surface area contributed by atoms with Crippen molar-refractivity contribution in [2.75, 3.05) is 16.8 Å². The highest BCUT2D eigenvalue weighted by molar-refractivity contribution is 6.05. The Bertz CT molecular complexity index is 1130. The molecule has 8 nitrogen and oxygen atoms in total. The largest absolute Gasteiger partial charge is 0.365 e. The highest BCUT2D eigenvalue weighted by atomic mass is 16.2. The van der Waals surface area contributed by atoms with Crippen molar-refractivity contribution in [3.8, 4) is 5.69 Å². The molecule has 1 aliphatic heterocycles. The fraction of sp³-hybridized carbons (Fsp3) is 0.217. The van der Waals surface area contributed by atoms with E-state index in [9.17, 15) is 14.4 Å². The summed E-state index contributed by atoms with van der Waals surface area (Å²) in [6.07, 6.45) is 3.51. The maximum atomic E-state index is 12.6. The Labute approximate surface area is 179 Å². The van der Waals surface area contributed by atoms with Crippen LogP contribution in [0.3, 0.4) is 0 Å². The Morgan fingerprint density at radius 2 is 1.74 bits per heavy atom. The second-order valence-electron chi connectivity index (χ2n) is 7.33. The molecule has 1 saturated heterocycles. The molecule has 0 saturated carbocycles. The van der Waals surface area contributed by atoms with Crippen LogP contribution in [0.4, 0.5) is 11.4 Å². The lowest BCUT2D eigenvalue weighted by Gasteiger charge is -2.16. The summed E-state index contributed by atoms with van der Waals surface area (Å²) >= 11 is 0. The van der Waals surface area contributed by atoms with Crippen molar-refractivity contribution in [3.63, 3.8) is 0 Å². The van der Waals surface area contributed by atoms with Gasteiger partial charge in [0.05, 0.1) is 23.1 Å². The molecule has 3 aromatic rings. The van der Waals surface area contributed by atoms with E-state index in [1.54, 1.807) is 46.0 Å². The van der Waals surface area contributed by atoms with Crippen molar-refractivity contribution >= 4 is 29.1 Å². The molecule has 3 amide bonds. The zero-order valence-corrected chi connectivity index (χ0v) is 17.2. The molecule has 1 aliphatic rings. The summed E-state index contributed by atoms with van der Waals surface area (Å²) in [5.74, 6) is -0.632. The van der Waals surface area contributed by atoms with Gasteiger partial charge in [-0.2, -0.15) is 5.10 Å². The molecule has 0 bridgehead atoms. The number of amides is 3. The first kappa shape index (κ1) is 20.3. The summed E-state index contributed by atoms with van der Waals surface area (Å²) in [6, 6.07) is 14.2. The van der Waals surface area contributed by atoms with Gasteiger partial charge in [-0.25, -0.2) is 4.68 Å². The highest BCUT2D eigenvalue weighted by Gasteiger charge is 2.21. The van der Waals surface area contributed by atoms with Crippen LogP contribution in [-0.4, -0.2) is 34.0 Å². The van der Waals surface area contributed by atoms with E-state index in [1.165, 1.54) is 6.20 Å². The van der Waals surface area contributed by atoms with Gasteiger partial charge in [0.25, 0.3) is 11.8 Å². The SMILES string of the molecule is CCc1c(C(N)=O)cnn1-c1ccc(NC(=O)c2ccc(N3CCCC3=O)cc2)cc1. The lowest BCUT2D eigenvalue weighted by molar-refractivity contribution is -0.117. The van der Waals surface area contributed by atoms with Crippen LogP contribution in [0.5, 0.6) is 0 Å². The molecule has 2 aromatic carbocycles. The topological polar surface area (TPSA) is 110 Å². The molecule has 0 atom stereocenters. The Kier molecular flexibility index (Phi) is 5.53. The van der Waals surface area contributed by atoms with Crippen molar-refractivity contribution in [3.05, 3.63) is 71.5 Å². The van der Waals surface area contributed by atoms with Gasteiger partial charge >= 0.3 is 0 Å². The third kappa shape index (κ3) is 4.05. The predicted octanol–water partition coefficient (Wildman–Crippen LogP) is 2.91. The lowest BCUT2D eigenvalue weighted by atomic mass is 10.1. The first-order valence-electron chi connectivity index (χ1n) is 10.2. The van der Waals surface area contributed by atoms with Crippen LogP contribution in [0, 0.1) is 0 Å². The Hall–Kier alpha value is -3.94. The van der Waals surface area contributed by atoms with Gasteiger partial charge in [0.1, 0.15) is 0 Å². The van der Waals surface area contributed by atoms with Gasteiger partial charge in [0.15, 0.2) is 0 Å². The van der Waals surface area contributed by atoms with Crippen LogP contribution < -0.4 is 16.0 Å². The normalized spacial score (nSPS) is 13.5. The van der Waals surface area contributed by atoms with Gasteiger partial charge in [0.2, 0.25) is 5.91 Å². The average molecular weight is 417 g/mol. The molecule has 3 N–H and O–H groups in total. The smallest absolute Gasteiger partial charge is 0.255 e. The van der Waals surface area contributed by atoms with E-state index < -0.39 is 5.91 Å². The van der Waals surface area contributed by atoms with E-state index in [1.807, 2.05) is 19.1 Å². The third-order valence-corrected chi connectivity index (χ3v) is 5.35. The number of rotatable bonds is 6. The molecule has 158 valence electrons. The fourth-order valence-corrected chi connectivity index (χ4v) is 3.75. The molecule has 0 unspecified atom stereocenters. The lowest BCUT2D eigenvalue weighted by Crippen LogP contribution is -2.23. The Morgan fingerprint density at radius 1 is 1.06 bits per heavy atom. The van der Waals surface area contributed by atoms with E-state index in [4.69, 9.17) is 5.73 Å². The zero-order valence-electron chi connectivity index (χ0n) is 17.2. The molecule has 0 aliphatic carbocycles. The van der Waals surface area contributed by atoms with E-state index in [2.05, 4.69) is 10.4 Å². The summed E-state index contributed by atoms with van der Waals surface area (Å²) in [5, 5.41) is 7.13. The van der Waals surface area contributed by atoms with Gasteiger partial charge < -0.3 is 16.0 Å². The quantitative estimate of drug-likeness (QED) is 0.642. The summed E-state index contributed by atoms with van der Waals surface area (Å²) in [5.41, 5.74) is 9.26. The number of nitrogens with two attached hydrogens (primary N) is 1. The number of aromatic nitrogens is 2. The van der Waals surface area contributed by atoms with E-state index in [-0.39, 0.29) is 11.8 Å². The first-order chi connectivity index (χ1) is 15.0. The second kappa shape index (κ2) is 8.43. The number of carbonyl (C=O) groups excluding carboxylic acids is 3. The van der Waals surface area contributed by atoms with Crippen LogP contribution in [0.25, 0.3) is 5.69 Å². The van der Waals surface area contributed by atoms with Gasteiger partial charge in [0, 0.05) is 29.9 Å². The molecule has 31 heavy (non-hydrogen) atoms. The number of nitrogens with one attached hydrogen (secondary N) is 1. The summed E-state index contributed by atoms with van der Waals surface area (Å²) in [6.45, 7) is 2.65. The summed E-state index contributed by atoms with van der Waals surface area (Å²) in [7, 11) is 0. The standard InChI is InChI=1S/C23H23N5O3/c1-2-20-19(22(24)30)14-25-28(20)18-11-7-16(8-12-18)26-23(31)15-5-9-17(10-6-15)27-13-3-4-21(27)29/h5-12,14H,2-4,13H2,1H3,(H2,24,30)(H,26,31). The van der Waals surface area contributed by atoms with Crippen LogP contribution in [-0.2, 0) is 11.2 Å². The molecule has 2 heterocycles. The van der Waals surface area contributed by atoms with Crippen molar-refractivity contribution in [2.45, 2.75) is 26.2 Å². The van der Waals surface area contributed by atoms with E-state index >= 15 is 0 Å². The second-order valence-corrected chi connectivity index (χ2v) is 7.33. The van der Waals surface area contributed by atoms with Crippen molar-refractivity contribution in [1.82, 2.24) is 9.78 Å². The minimum atomic E-state index is -0.507. The minimum absolute atomic E-state index is 0.114. The molecular weight excluding hydrogens is 394 g/mol. The summed E-state index contributed by atoms with van der Waals surface area (Å²) in [4.78, 5) is 37.7. The van der Waals surface area contributed by atoms with Gasteiger partial charge in [-0.1, -0.05) is 6.92 Å². The number of carbonyl (C=O) groups is 3. The number of nitrogens with zero attached hydrogens (tertiary/aromatic N) is 3. The third-order valence-electron chi connectivity index (χ3n) is 5.35. The van der Waals surface area contributed by atoms with Gasteiger partial charge in [-0.15, -0.1) is 0 Å². The number of primary amides is 1. The fourth-order valence-electron chi connectivity index (χ4n) is 3.75. The number of benzene rings is 2. The molecule has 0 radical (unpaired) electrons. The monoisotopic (exact) mass is 417 g/mol. The maximum absolute atomic E-state index is 12.6. The van der Waals surface area contributed by atoms with Crippen LogP contribution in [0.2, 0.25) is 0 Å². The van der Waals surface area contributed by atoms with Crippen LogP contribution >= 0.6 is 0 Å². The Balaban J connectivity index is 1.46. The van der Waals surface area contributed by atoms with Gasteiger partial charge in [-0.05, 0) is 61.4 Å². The molecule has 1 aromatic heterocycles. The van der Waals surface area contributed by atoms with Gasteiger partial charge in [-0.3, -0.25) is 14.4 Å². The number of hydrogen-bond donors (Lipinski definition) is 2.